The van der Waals surface area contributed by atoms with Crippen LogP contribution in [0.15, 0.2) is 0 Å². The van der Waals surface area contributed by atoms with Gasteiger partial charge in [0.1, 0.15) is 0 Å². The SMILES string of the molecule is CCCOC(=O)OC1CCN(C)C(=O)N1C. The Hall–Kier alpha value is -1.46. The maximum Gasteiger partial charge on any atom is 0.510 e. The molecule has 0 bridgehead atoms. The average Bonchev–Trinajstić information content (AvgIpc) is 2.27. The first kappa shape index (κ1) is 12.6. The molecule has 1 heterocycles. The quantitative estimate of drug-likeness (QED) is 0.685. The minimum absolute atomic E-state index is 0.153. The number of ether oxygens (including phenoxy) is 2. The van der Waals surface area contributed by atoms with E-state index in [0.717, 1.165) is 6.42 Å². The second kappa shape index (κ2) is 5.58. The number of carbonyl (C=O) groups is 2. The molecule has 0 saturated carbocycles. The van der Waals surface area contributed by atoms with Gasteiger partial charge in [-0.05, 0) is 6.42 Å². The molecule has 1 unspecified atom stereocenters. The van der Waals surface area contributed by atoms with E-state index < -0.39 is 12.4 Å². The molecule has 0 N–H and O–H groups in total. The van der Waals surface area contributed by atoms with E-state index in [2.05, 4.69) is 0 Å². The minimum atomic E-state index is -0.712. The van der Waals surface area contributed by atoms with Crippen molar-refractivity contribution in [3.05, 3.63) is 0 Å². The summed E-state index contributed by atoms with van der Waals surface area (Å²) in [6.45, 7) is 2.82. The normalized spacial score (nSPS) is 20.9. The molecule has 2 amide bonds. The second-order valence-corrected chi connectivity index (χ2v) is 3.77. The number of hydrogen-bond donors (Lipinski definition) is 0. The van der Waals surface area contributed by atoms with Crippen LogP contribution in [0.2, 0.25) is 0 Å². The third kappa shape index (κ3) is 3.01. The molecule has 16 heavy (non-hydrogen) atoms. The van der Waals surface area contributed by atoms with Gasteiger partial charge < -0.3 is 14.4 Å². The van der Waals surface area contributed by atoms with E-state index in [9.17, 15) is 9.59 Å². The standard InChI is InChI=1S/C10H18N2O4/c1-4-7-15-10(14)16-8-5-6-11(2)9(13)12(8)3/h8H,4-7H2,1-3H3. The van der Waals surface area contributed by atoms with Crippen molar-refractivity contribution in [2.75, 3.05) is 27.2 Å². The van der Waals surface area contributed by atoms with Gasteiger partial charge in [-0.15, -0.1) is 0 Å². The Morgan fingerprint density at radius 1 is 1.50 bits per heavy atom. The fraction of sp³-hybridized carbons (Fsp3) is 0.800. The minimum Gasteiger partial charge on any atom is -0.434 e. The lowest BCUT2D eigenvalue weighted by Crippen LogP contribution is -2.52. The molecule has 1 aliphatic rings. The molecular formula is C10H18N2O4. The van der Waals surface area contributed by atoms with Gasteiger partial charge in [-0.1, -0.05) is 6.92 Å². The number of nitrogens with zero attached hydrogens (tertiary/aromatic N) is 2. The molecule has 1 rings (SSSR count). The first-order valence-electron chi connectivity index (χ1n) is 5.37. The maximum atomic E-state index is 11.6. The lowest BCUT2D eigenvalue weighted by atomic mass is 10.3. The van der Waals surface area contributed by atoms with E-state index in [1.165, 1.54) is 4.90 Å². The van der Waals surface area contributed by atoms with E-state index >= 15 is 0 Å². The van der Waals surface area contributed by atoms with E-state index in [-0.39, 0.29) is 6.03 Å². The van der Waals surface area contributed by atoms with Crippen molar-refractivity contribution in [1.29, 1.82) is 0 Å². The molecule has 0 radical (unpaired) electrons. The molecular weight excluding hydrogens is 212 g/mol. The predicted molar refractivity (Wildman–Crippen MR) is 56.9 cm³/mol. The van der Waals surface area contributed by atoms with E-state index in [0.29, 0.717) is 19.6 Å². The summed E-state index contributed by atoms with van der Waals surface area (Å²) in [7, 11) is 3.32. The zero-order valence-electron chi connectivity index (χ0n) is 9.93. The molecule has 0 aromatic rings. The average molecular weight is 230 g/mol. The van der Waals surface area contributed by atoms with Gasteiger partial charge in [0.2, 0.25) is 0 Å². The Morgan fingerprint density at radius 2 is 2.19 bits per heavy atom. The van der Waals surface area contributed by atoms with Crippen molar-refractivity contribution in [3.8, 4) is 0 Å². The van der Waals surface area contributed by atoms with Crippen LogP contribution >= 0.6 is 0 Å². The largest absolute Gasteiger partial charge is 0.510 e. The zero-order chi connectivity index (χ0) is 12.1. The molecule has 92 valence electrons. The highest BCUT2D eigenvalue weighted by Gasteiger charge is 2.31. The molecule has 0 aliphatic carbocycles. The van der Waals surface area contributed by atoms with Gasteiger partial charge in [-0.2, -0.15) is 0 Å². The molecule has 0 spiro atoms. The van der Waals surface area contributed by atoms with Gasteiger partial charge in [0.05, 0.1) is 6.61 Å². The second-order valence-electron chi connectivity index (χ2n) is 3.77. The van der Waals surface area contributed by atoms with E-state index in [4.69, 9.17) is 9.47 Å². The Bertz CT molecular complexity index is 270. The summed E-state index contributed by atoms with van der Waals surface area (Å²) in [4.78, 5) is 25.7. The van der Waals surface area contributed by atoms with Crippen molar-refractivity contribution in [2.24, 2.45) is 0 Å². The Morgan fingerprint density at radius 3 is 2.81 bits per heavy atom. The number of urea groups is 1. The number of rotatable bonds is 3. The lowest BCUT2D eigenvalue weighted by molar-refractivity contribution is -0.0449. The zero-order valence-corrected chi connectivity index (χ0v) is 9.93. The third-order valence-electron chi connectivity index (χ3n) is 2.43. The summed E-state index contributed by atoms with van der Waals surface area (Å²) in [6, 6.07) is -0.153. The van der Waals surface area contributed by atoms with Crippen molar-refractivity contribution in [3.63, 3.8) is 0 Å². The summed E-state index contributed by atoms with van der Waals surface area (Å²) in [5, 5.41) is 0. The first-order chi connectivity index (χ1) is 7.56. The Balaban J connectivity index is 2.42. The molecule has 6 nitrogen and oxygen atoms in total. The maximum absolute atomic E-state index is 11.6. The van der Waals surface area contributed by atoms with Crippen molar-refractivity contribution >= 4 is 12.2 Å². The molecule has 1 saturated heterocycles. The van der Waals surface area contributed by atoms with Gasteiger partial charge in [0, 0.05) is 27.1 Å². The molecule has 6 heteroatoms. The van der Waals surface area contributed by atoms with Gasteiger partial charge >= 0.3 is 12.2 Å². The van der Waals surface area contributed by atoms with Crippen LogP contribution < -0.4 is 0 Å². The van der Waals surface area contributed by atoms with E-state index in [1.54, 1.807) is 19.0 Å². The Labute approximate surface area is 95.1 Å². The highest BCUT2D eigenvalue weighted by Crippen LogP contribution is 2.14. The first-order valence-corrected chi connectivity index (χ1v) is 5.37. The van der Waals surface area contributed by atoms with Gasteiger partial charge in [-0.3, -0.25) is 4.90 Å². The highest BCUT2D eigenvalue weighted by molar-refractivity contribution is 5.75. The van der Waals surface area contributed by atoms with Gasteiger partial charge in [0.25, 0.3) is 0 Å². The van der Waals surface area contributed by atoms with Crippen LogP contribution in [0.5, 0.6) is 0 Å². The topological polar surface area (TPSA) is 59.1 Å². The number of hydrogen-bond acceptors (Lipinski definition) is 4. The van der Waals surface area contributed by atoms with Gasteiger partial charge in [0.15, 0.2) is 6.23 Å². The number of amides is 2. The summed E-state index contributed by atoms with van der Waals surface area (Å²) >= 11 is 0. The van der Waals surface area contributed by atoms with Crippen LogP contribution in [0, 0.1) is 0 Å². The van der Waals surface area contributed by atoms with Crippen LogP contribution in [0.3, 0.4) is 0 Å². The summed E-state index contributed by atoms with van der Waals surface area (Å²) in [5.74, 6) is 0. The molecule has 0 aromatic heterocycles. The van der Waals surface area contributed by atoms with Crippen LogP contribution in [0.4, 0.5) is 9.59 Å². The highest BCUT2D eigenvalue weighted by atomic mass is 16.7. The van der Waals surface area contributed by atoms with Crippen molar-refractivity contribution < 1.29 is 19.1 Å². The summed E-state index contributed by atoms with van der Waals surface area (Å²) in [5.41, 5.74) is 0. The van der Waals surface area contributed by atoms with Crippen LogP contribution in [-0.4, -0.2) is 55.5 Å². The monoisotopic (exact) mass is 230 g/mol. The molecule has 1 atom stereocenters. The van der Waals surface area contributed by atoms with Crippen LogP contribution in [0.25, 0.3) is 0 Å². The summed E-state index contributed by atoms with van der Waals surface area (Å²) < 4.78 is 9.83. The van der Waals surface area contributed by atoms with Gasteiger partial charge in [-0.25, -0.2) is 9.59 Å². The Kier molecular flexibility index (Phi) is 4.39. The van der Waals surface area contributed by atoms with Crippen LogP contribution in [0.1, 0.15) is 19.8 Å². The smallest absolute Gasteiger partial charge is 0.434 e. The molecule has 0 aromatic carbocycles. The number of carbonyl (C=O) groups excluding carboxylic acids is 2. The van der Waals surface area contributed by atoms with Crippen molar-refractivity contribution in [2.45, 2.75) is 26.0 Å². The summed E-state index contributed by atoms with van der Waals surface area (Å²) in [6.07, 6.45) is 0.112. The fourth-order valence-electron chi connectivity index (χ4n) is 1.45. The third-order valence-corrected chi connectivity index (χ3v) is 2.43. The van der Waals surface area contributed by atoms with Crippen molar-refractivity contribution in [1.82, 2.24) is 9.80 Å². The van der Waals surface area contributed by atoms with Crippen LogP contribution in [-0.2, 0) is 9.47 Å². The fourth-order valence-corrected chi connectivity index (χ4v) is 1.45. The van der Waals surface area contributed by atoms with E-state index in [1.807, 2.05) is 6.92 Å². The molecule has 1 fully saturated rings. The molecule has 1 aliphatic heterocycles. The lowest BCUT2D eigenvalue weighted by Gasteiger charge is -2.36. The predicted octanol–water partition coefficient (Wildman–Crippen LogP) is 1.26.